The number of anilines is 2. The van der Waals surface area contributed by atoms with Gasteiger partial charge in [-0.25, -0.2) is 4.39 Å². The van der Waals surface area contributed by atoms with E-state index in [1.54, 1.807) is 24.3 Å². The lowest BCUT2D eigenvalue weighted by atomic mass is 10.00. The van der Waals surface area contributed by atoms with E-state index in [1.165, 1.54) is 18.3 Å². The Morgan fingerprint density at radius 1 is 1.05 bits per heavy atom. The van der Waals surface area contributed by atoms with Gasteiger partial charge in [-0.2, -0.15) is 10.5 Å². The summed E-state index contributed by atoms with van der Waals surface area (Å²) in [6.07, 6.45) is 6.19. The maximum atomic E-state index is 13.9. The van der Waals surface area contributed by atoms with Crippen LogP contribution in [0.15, 0.2) is 84.8 Å². The van der Waals surface area contributed by atoms with Crippen molar-refractivity contribution in [3.8, 4) is 12.1 Å². The summed E-state index contributed by atoms with van der Waals surface area (Å²) in [5.74, 6) is -0.403. The Morgan fingerprint density at radius 2 is 1.80 bits per heavy atom. The van der Waals surface area contributed by atoms with Gasteiger partial charge in [0.2, 0.25) is 0 Å². The standard InChI is InChI=1S/C32H29FN8/c1-2-28(20-6-4-3-5-7-20)38-31-23(17-35)18-36-30-22(16-34)14-25(15-27(30)31)37-32(21-8-10-24(33)11-9-21)29-19-41(40-39-29)26-12-13-26/h3-11,14-15,18-19,26,28,32,37,39-40H,2,12-13H2,1H3,(H,36,38)/t28-,32-/m1/s1/i32D. The van der Waals surface area contributed by atoms with E-state index in [4.69, 9.17) is 0 Å². The van der Waals surface area contributed by atoms with E-state index in [9.17, 15) is 16.3 Å². The number of benzene rings is 3. The van der Waals surface area contributed by atoms with Crippen LogP contribution >= 0.6 is 0 Å². The first kappa shape index (κ1) is 24.9. The Balaban J connectivity index is 1.47. The van der Waals surface area contributed by atoms with E-state index in [0.29, 0.717) is 50.7 Å². The number of pyridine rings is 1. The quantitative estimate of drug-likeness (QED) is 0.198. The highest BCUT2D eigenvalue weighted by Gasteiger charge is 2.32. The van der Waals surface area contributed by atoms with Crippen LogP contribution < -0.4 is 21.6 Å². The van der Waals surface area contributed by atoms with Crippen LogP contribution in [0.5, 0.6) is 0 Å². The third-order valence-electron chi connectivity index (χ3n) is 7.34. The zero-order chi connectivity index (χ0) is 29.3. The molecule has 0 saturated heterocycles. The van der Waals surface area contributed by atoms with Crippen LogP contribution in [0.4, 0.5) is 15.8 Å². The lowest BCUT2D eigenvalue weighted by Crippen LogP contribution is -2.38. The normalized spacial score (nSPS) is 16.9. The van der Waals surface area contributed by atoms with E-state index in [2.05, 4.69) is 45.6 Å². The van der Waals surface area contributed by atoms with Gasteiger partial charge in [-0.05, 0) is 54.7 Å². The molecule has 2 aliphatic rings. The number of aromatic nitrogens is 1. The lowest BCUT2D eigenvalue weighted by molar-refractivity contribution is 0.260. The molecule has 2 atom stereocenters. The first-order valence-electron chi connectivity index (χ1n) is 14.1. The number of fused-ring (bicyclic) bond motifs is 1. The van der Waals surface area contributed by atoms with Gasteiger partial charge in [0.05, 0.1) is 41.5 Å². The minimum absolute atomic E-state index is 0.0899. The second-order valence-corrected chi connectivity index (χ2v) is 10.1. The van der Waals surface area contributed by atoms with Crippen molar-refractivity contribution in [1.82, 2.24) is 21.0 Å². The average molecular weight is 546 g/mol. The summed E-state index contributed by atoms with van der Waals surface area (Å²) in [4.78, 5) is 4.47. The van der Waals surface area contributed by atoms with Gasteiger partial charge in [0.15, 0.2) is 0 Å². The molecule has 1 aromatic heterocycles. The molecule has 0 spiro atoms. The minimum atomic E-state index is -1.57. The Bertz CT molecular complexity index is 1740. The fourth-order valence-corrected chi connectivity index (χ4v) is 5.04. The van der Waals surface area contributed by atoms with Crippen molar-refractivity contribution in [3.05, 3.63) is 113 Å². The summed E-state index contributed by atoms with van der Waals surface area (Å²) in [7, 11) is 0. The Labute approximate surface area is 239 Å². The summed E-state index contributed by atoms with van der Waals surface area (Å²) in [6.45, 7) is 2.06. The van der Waals surface area contributed by atoms with Gasteiger partial charge >= 0.3 is 0 Å². The molecule has 8 nitrogen and oxygen atoms in total. The molecule has 204 valence electrons. The zero-order valence-corrected chi connectivity index (χ0v) is 22.4. The maximum Gasteiger partial charge on any atom is 0.123 e. The second-order valence-electron chi connectivity index (χ2n) is 10.1. The van der Waals surface area contributed by atoms with Crippen molar-refractivity contribution in [3.63, 3.8) is 0 Å². The number of hydrogen-bond donors (Lipinski definition) is 4. The van der Waals surface area contributed by atoms with Crippen LogP contribution in [0.2, 0.25) is 0 Å². The van der Waals surface area contributed by atoms with Crippen LogP contribution in [-0.2, 0) is 0 Å². The summed E-state index contributed by atoms with van der Waals surface area (Å²) in [5.41, 5.74) is 10.4. The Kier molecular flexibility index (Phi) is 6.78. The summed E-state index contributed by atoms with van der Waals surface area (Å²) in [6, 6.07) is 22.3. The Morgan fingerprint density at radius 3 is 2.49 bits per heavy atom. The molecule has 0 radical (unpaired) electrons. The molecule has 1 aliphatic heterocycles. The molecule has 3 aromatic carbocycles. The smallest absolute Gasteiger partial charge is 0.123 e. The van der Waals surface area contributed by atoms with E-state index in [0.717, 1.165) is 24.8 Å². The van der Waals surface area contributed by atoms with Gasteiger partial charge in [0.25, 0.3) is 0 Å². The highest BCUT2D eigenvalue weighted by atomic mass is 19.1. The lowest BCUT2D eigenvalue weighted by Gasteiger charge is -2.23. The predicted octanol–water partition coefficient (Wildman–Crippen LogP) is 6.16. The third kappa shape index (κ3) is 5.36. The molecule has 41 heavy (non-hydrogen) atoms. The third-order valence-corrected chi connectivity index (χ3v) is 7.34. The van der Waals surface area contributed by atoms with Crippen LogP contribution in [-0.4, -0.2) is 16.0 Å². The number of hydrogen-bond acceptors (Lipinski definition) is 8. The average Bonchev–Trinajstić information content (AvgIpc) is 3.75. The summed E-state index contributed by atoms with van der Waals surface area (Å²) >= 11 is 0. The van der Waals surface area contributed by atoms with Crippen LogP contribution in [0.1, 0.15) is 61.9 Å². The molecule has 4 aromatic rings. The van der Waals surface area contributed by atoms with Crippen LogP contribution in [0.25, 0.3) is 10.9 Å². The number of nitrogens with zero attached hydrogens (tertiary/aromatic N) is 4. The number of hydrazine groups is 2. The zero-order valence-electron chi connectivity index (χ0n) is 23.4. The Hall–Kier alpha value is -5.12. The van der Waals surface area contributed by atoms with Crippen molar-refractivity contribution < 1.29 is 5.76 Å². The molecule has 0 unspecified atom stereocenters. The van der Waals surface area contributed by atoms with Crippen molar-refractivity contribution in [2.24, 2.45) is 0 Å². The van der Waals surface area contributed by atoms with Gasteiger partial charge in [0.1, 0.15) is 18.0 Å². The molecule has 6 rings (SSSR count). The highest BCUT2D eigenvalue weighted by Crippen LogP contribution is 2.36. The number of nitriles is 2. The summed E-state index contributed by atoms with van der Waals surface area (Å²) < 4.78 is 23.5. The first-order valence-corrected chi connectivity index (χ1v) is 13.6. The molecule has 9 heteroatoms. The van der Waals surface area contributed by atoms with Gasteiger partial charge in [-0.1, -0.05) is 49.4 Å². The predicted molar refractivity (Wildman–Crippen MR) is 156 cm³/mol. The molecule has 1 saturated carbocycles. The van der Waals surface area contributed by atoms with Crippen molar-refractivity contribution in [2.45, 2.75) is 44.3 Å². The first-order chi connectivity index (χ1) is 20.4. The fraction of sp³-hybridized carbons (Fsp3) is 0.219. The highest BCUT2D eigenvalue weighted by molar-refractivity contribution is 5.99. The van der Waals surface area contributed by atoms with E-state index >= 15 is 0 Å². The van der Waals surface area contributed by atoms with Gasteiger partial charge in [-0.3, -0.25) is 9.99 Å². The molecular weight excluding hydrogens is 515 g/mol. The fourth-order valence-electron chi connectivity index (χ4n) is 5.04. The molecule has 1 fully saturated rings. The van der Waals surface area contributed by atoms with Crippen molar-refractivity contribution >= 4 is 22.3 Å². The number of rotatable bonds is 9. The maximum absolute atomic E-state index is 13.9. The van der Waals surface area contributed by atoms with Crippen LogP contribution in [0, 0.1) is 28.5 Å². The number of halogens is 1. The van der Waals surface area contributed by atoms with Gasteiger partial charge in [-0.15, -0.1) is 5.53 Å². The second kappa shape index (κ2) is 11.2. The largest absolute Gasteiger partial charge is 0.377 e. The molecular formula is C32H29FN8. The molecule has 4 N–H and O–H groups in total. The van der Waals surface area contributed by atoms with Gasteiger partial charge in [0, 0.05) is 29.5 Å². The van der Waals surface area contributed by atoms with Gasteiger partial charge < -0.3 is 16.1 Å². The monoisotopic (exact) mass is 545 g/mol. The number of nitrogens with one attached hydrogen (secondary N) is 4. The molecule has 0 amide bonds. The van der Waals surface area contributed by atoms with E-state index in [-0.39, 0.29) is 6.04 Å². The van der Waals surface area contributed by atoms with Crippen molar-refractivity contribution in [1.29, 1.82) is 10.5 Å². The van der Waals surface area contributed by atoms with Crippen molar-refractivity contribution in [2.75, 3.05) is 10.6 Å². The van der Waals surface area contributed by atoms with Crippen LogP contribution in [0.3, 0.4) is 0 Å². The summed E-state index contributed by atoms with van der Waals surface area (Å²) in [5, 5.41) is 29.5. The molecule has 1 aliphatic carbocycles. The SMILES string of the molecule is [2H][C@](Nc1cc(C#N)c2ncc(C#N)c(N[C@H](CC)c3ccccc3)c2c1)(C1=CN(C2CC2)NN1)c1ccc(F)cc1. The van der Waals surface area contributed by atoms with E-state index in [1.807, 2.05) is 41.5 Å². The molecule has 0 bridgehead atoms. The molecule has 2 heterocycles. The topological polar surface area (TPSA) is 112 Å². The van der Waals surface area contributed by atoms with E-state index < -0.39 is 11.8 Å². The minimum Gasteiger partial charge on any atom is -0.377 e.